The zero-order valence-electron chi connectivity index (χ0n) is 14.3. The Balaban J connectivity index is 1.58. The van der Waals surface area contributed by atoms with Crippen LogP contribution < -0.4 is 5.32 Å². The molecule has 6 nitrogen and oxygen atoms in total. The van der Waals surface area contributed by atoms with Crippen molar-refractivity contribution in [1.82, 2.24) is 19.6 Å². The number of nitrogens with one attached hydrogen (secondary N) is 1. The Hall–Kier alpha value is -2.99. The van der Waals surface area contributed by atoms with Crippen LogP contribution in [0.2, 0.25) is 0 Å². The first kappa shape index (κ1) is 15.3. The summed E-state index contributed by atoms with van der Waals surface area (Å²) >= 11 is 0. The van der Waals surface area contributed by atoms with Crippen LogP contribution in [-0.4, -0.2) is 38.8 Å². The molecule has 0 saturated carbocycles. The molecule has 0 atom stereocenters. The molecule has 1 aromatic carbocycles. The number of hydrogen-bond donors (Lipinski definition) is 1. The zero-order valence-corrected chi connectivity index (χ0v) is 14.3. The van der Waals surface area contributed by atoms with Crippen LogP contribution in [0.1, 0.15) is 12.8 Å². The van der Waals surface area contributed by atoms with Crippen molar-refractivity contribution in [3.05, 3.63) is 54.9 Å². The minimum absolute atomic E-state index is 0.403. The molecule has 0 radical (unpaired) electrons. The maximum Gasteiger partial charge on any atom is 0.154 e. The van der Waals surface area contributed by atoms with Gasteiger partial charge in [-0.15, -0.1) is 5.10 Å². The van der Waals surface area contributed by atoms with E-state index in [1.807, 2.05) is 41.2 Å². The third-order valence-electron chi connectivity index (χ3n) is 4.84. The van der Waals surface area contributed by atoms with Gasteiger partial charge in [0.2, 0.25) is 0 Å². The Morgan fingerprint density at radius 1 is 1.00 bits per heavy atom. The average molecular weight is 345 g/mol. The number of rotatable bonds is 3. The highest BCUT2D eigenvalue weighted by atomic mass is 16.5. The van der Waals surface area contributed by atoms with Crippen LogP contribution in [0.15, 0.2) is 54.9 Å². The standard InChI is InChI=1S/C20H19N5O/c1-3-14-4-2-10-21-20(14)16(5-1)17-13-22-19-7-6-18(24-25(17)19)23-15-8-11-26-12-9-15/h1-7,10,13,15H,8-9,11-12H2,(H,23,24). The lowest BCUT2D eigenvalue weighted by molar-refractivity contribution is 0.0903. The molecule has 0 aliphatic carbocycles. The summed E-state index contributed by atoms with van der Waals surface area (Å²) in [4.78, 5) is 9.08. The molecule has 4 heterocycles. The highest BCUT2D eigenvalue weighted by Crippen LogP contribution is 2.27. The van der Waals surface area contributed by atoms with Gasteiger partial charge in [0.1, 0.15) is 5.82 Å². The second-order valence-electron chi connectivity index (χ2n) is 6.54. The van der Waals surface area contributed by atoms with E-state index in [1.54, 1.807) is 0 Å². The first-order valence-electron chi connectivity index (χ1n) is 8.92. The summed E-state index contributed by atoms with van der Waals surface area (Å²) in [7, 11) is 0. The molecule has 1 fully saturated rings. The lowest BCUT2D eigenvalue weighted by atomic mass is 10.1. The van der Waals surface area contributed by atoms with Gasteiger partial charge in [0, 0.05) is 36.4 Å². The Morgan fingerprint density at radius 2 is 1.88 bits per heavy atom. The second kappa shape index (κ2) is 6.38. The van der Waals surface area contributed by atoms with Crippen molar-refractivity contribution in [3.8, 4) is 11.3 Å². The molecule has 0 bridgehead atoms. The quantitative estimate of drug-likeness (QED) is 0.615. The maximum atomic E-state index is 5.43. The van der Waals surface area contributed by atoms with Crippen molar-refractivity contribution in [1.29, 1.82) is 0 Å². The smallest absolute Gasteiger partial charge is 0.154 e. The number of pyridine rings is 1. The predicted molar refractivity (Wildman–Crippen MR) is 101 cm³/mol. The SMILES string of the molecule is c1cnc2c(-c3cnc4ccc(NC5CCOCC5)nn34)cccc2c1. The van der Waals surface area contributed by atoms with E-state index < -0.39 is 0 Å². The van der Waals surface area contributed by atoms with Gasteiger partial charge in [-0.25, -0.2) is 9.50 Å². The van der Waals surface area contributed by atoms with Crippen molar-refractivity contribution in [2.24, 2.45) is 0 Å². The van der Waals surface area contributed by atoms with Gasteiger partial charge < -0.3 is 10.1 Å². The van der Waals surface area contributed by atoms with E-state index >= 15 is 0 Å². The van der Waals surface area contributed by atoms with Crippen LogP contribution in [0.4, 0.5) is 5.82 Å². The molecule has 1 aliphatic heterocycles. The van der Waals surface area contributed by atoms with Crippen LogP contribution in [0.25, 0.3) is 27.8 Å². The molecule has 0 amide bonds. The third kappa shape index (κ3) is 2.68. The van der Waals surface area contributed by atoms with E-state index in [0.717, 1.165) is 59.7 Å². The number of fused-ring (bicyclic) bond motifs is 2. The largest absolute Gasteiger partial charge is 0.381 e. The molecule has 1 saturated heterocycles. The number of para-hydroxylation sites is 1. The highest BCUT2D eigenvalue weighted by molar-refractivity contribution is 5.92. The number of imidazole rings is 1. The predicted octanol–water partition coefficient (Wildman–Crippen LogP) is 3.54. The van der Waals surface area contributed by atoms with E-state index in [4.69, 9.17) is 9.84 Å². The summed E-state index contributed by atoms with van der Waals surface area (Å²) < 4.78 is 7.32. The van der Waals surface area contributed by atoms with Gasteiger partial charge in [-0.1, -0.05) is 24.3 Å². The summed E-state index contributed by atoms with van der Waals surface area (Å²) in [5.41, 5.74) is 3.76. The van der Waals surface area contributed by atoms with Gasteiger partial charge in [0.25, 0.3) is 0 Å². The molecular weight excluding hydrogens is 326 g/mol. The van der Waals surface area contributed by atoms with Crippen molar-refractivity contribution >= 4 is 22.4 Å². The maximum absolute atomic E-state index is 5.43. The summed E-state index contributed by atoms with van der Waals surface area (Å²) in [5.74, 6) is 0.858. The molecule has 3 aromatic heterocycles. The van der Waals surface area contributed by atoms with Gasteiger partial charge in [0.05, 0.1) is 17.4 Å². The van der Waals surface area contributed by atoms with Crippen LogP contribution in [0.5, 0.6) is 0 Å². The lowest BCUT2D eigenvalue weighted by Crippen LogP contribution is -2.28. The third-order valence-corrected chi connectivity index (χ3v) is 4.84. The van der Waals surface area contributed by atoms with E-state index in [-0.39, 0.29) is 0 Å². The molecule has 1 N–H and O–H groups in total. The first-order chi connectivity index (χ1) is 12.9. The first-order valence-corrected chi connectivity index (χ1v) is 8.92. The Labute approximate surface area is 150 Å². The molecule has 5 rings (SSSR count). The number of benzene rings is 1. The van der Waals surface area contributed by atoms with E-state index in [9.17, 15) is 0 Å². The Morgan fingerprint density at radius 3 is 2.81 bits per heavy atom. The van der Waals surface area contributed by atoms with Gasteiger partial charge >= 0.3 is 0 Å². The summed E-state index contributed by atoms with van der Waals surface area (Å²) in [6.07, 6.45) is 5.69. The van der Waals surface area contributed by atoms with E-state index in [0.29, 0.717) is 6.04 Å². The average Bonchev–Trinajstić information content (AvgIpc) is 3.11. The van der Waals surface area contributed by atoms with E-state index in [2.05, 4.69) is 33.5 Å². The molecule has 130 valence electrons. The van der Waals surface area contributed by atoms with Crippen molar-refractivity contribution in [2.45, 2.75) is 18.9 Å². The minimum Gasteiger partial charge on any atom is -0.381 e. The Kier molecular flexibility index (Phi) is 3.75. The summed E-state index contributed by atoms with van der Waals surface area (Å²) in [6.45, 7) is 1.61. The molecule has 0 unspecified atom stereocenters. The fraction of sp³-hybridized carbons (Fsp3) is 0.250. The topological polar surface area (TPSA) is 64.3 Å². The van der Waals surface area contributed by atoms with E-state index in [1.165, 1.54) is 0 Å². The number of ether oxygens (including phenoxy) is 1. The molecule has 0 spiro atoms. The fourth-order valence-electron chi connectivity index (χ4n) is 3.50. The van der Waals surface area contributed by atoms with Crippen molar-refractivity contribution in [3.63, 3.8) is 0 Å². The van der Waals surface area contributed by atoms with Crippen LogP contribution in [-0.2, 0) is 4.74 Å². The van der Waals surface area contributed by atoms with Crippen LogP contribution in [0.3, 0.4) is 0 Å². The normalized spacial score (nSPS) is 15.5. The second-order valence-corrected chi connectivity index (χ2v) is 6.54. The van der Waals surface area contributed by atoms with Gasteiger partial charge in [-0.3, -0.25) is 4.98 Å². The molecule has 1 aliphatic rings. The number of nitrogens with zero attached hydrogens (tertiary/aromatic N) is 4. The molecule has 4 aromatic rings. The van der Waals surface area contributed by atoms with Gasteiger partial charge in [-0.2, -0.15) is 0 Å². The fourth-order valence-corrected chi connectivity index (χ4v) is 3.50. The summed E-state index contributed by atoms with van der Waals surface area (Å²) in [5, 5.41) is 9.42. The molecule has 6 heteroatoms. The summed E-state index contributed by atoms with van der Waals surface area (Å²) in [6, 6.07) is 14.6. The van der Waals surface area contributed by atoms with Gasteiger partial charge in [-0.05, 0) is 31.0 Å². The number of hydrogen-bond acceptors (Lipinski definition) is 5. The van der Waals surface area contributed by atoms with Crippen LogP contribution in [0, 0.1) is 0 Å². The van der Waals surface area contributed by atoms with Crippen molar-refractivity contribution in [2.75, 3.05) is 18.5 Å². The highest BCUT2D eigenvalue weighted by Gasteiger charge is 2.15. The lowest BCUT2D eigenvalue weighted by Gasteiger charge is -2.23. The molecular formula is C20H19N5O. The molecule has 26 heavy (non-hydrogen) atoms. The van der Waals surface area contributed by atoms with Gasteiger partial charge in [0.15, 0.2) is 5.65 Å². The van der Waals surface area contributed by atoms with Crippen molar-refractivity contribution < 1.29 is 4.74 Å². The number of aromatic nitrogens is 4. The number of anilines is 1. The Bertz CT molecular complexity index is 1060. The van der Waals surface area contributed by atoms with Crippen LogP contribution >= 0.6 is 0 Å². The minimum atomic E-state index is 0.403. The zero-order chi connectivity index (χ0) is 17.3. The monoisotopic (exact) mass is 345 g/mol.